The van der Waals surface area contributed by atoms with Gasteiger partial charge in [-0.3, -0.25) is 4.79 Å². The third kappa shape index (κ3) is 3.04. The fourth-order valence-electron chi connectivity index (χ4n) is 4.07. The first kappa shape index (κ1) is 18.2. The molecule has 1 aromatic carbocycles. The largest absolute Gasteiger partial charge is 0.381 e. The Bertz CT molecular complexity index is 1050. The van der Waals surface area contributed by atoms with Crippen molar-refractivity contribution in [2.45, 2.75) is 38.6 Å². The van der Waals surface area contributed by atoms with E-state index >= 15 is 0 Å². The number of nitrogens with two attached hydrogens (primary N) is 2. The number of amides is 1. The second-order valence-electron chi connectivity index (χ2n) is 7.12. The SMILES string of the molecule is CCCc1ccc(F)cc1C1CCCN1c1ccn2nc(N)c(C(N)=O)c2n1. The average molecular weight is 382 g/mol. The van der Waals surface area contributed by atoms with Gasteiger partial charge in [0.2, 0.25) is 0 Å². The first-order chi connectivity index (χ1) is 13.5. The van der Waals surface area contributed by atoms with Crippen molar-refractivity contribution >= 4 is 23.2 Å². The third-order valence-corrected chi connectivity index (χ3v) is 5.28. The van der Waals surface area contributed by atoms with E-state index < -0.39 is 5.91 Å². The van der Waals surface area contributed by atoms with Crippen molar-refractivity contribution < 1.29 is 9.18 Å². The lowest BCUT2D eigenvalue weighted by atomic mass is 9.95. The first-order valence-electron chi connectivity index (χ1n) is 9.49. The number of hydrogen-bond donors (Lipinski definition) is 2. The Morgan fingerprint density at radius 2 is 2.18 bits per heavy atom. The molecule has 8 heteroatoms. The molecular formula is C20H23FN6O. The van der Waals surface area contributed by atoms with Gasteiger partial charge in [0, 0.05) is 12.7 Å². The molecule has 7 nitrogen and oxygen atoms in total. The summed E-state index contributed by atoms with van der Waals surface area (Å²) in [6.45, 7) is 2.91. The molecule has 0 aliphatic carbocycles. The molecule has 1 aliphatic rings. The van der Waals surface area contributed by atoms with Crippen LogP contribution in [0.25, 0.3) is 5.65 Å². The van der Waals surface area contributed by atoms with E-state index in [1.165, 1.54) is 10.6 Å². The summed E-state index contributed by atoms with van der Waals surface area (Å²) >= 11 is 0. The van der Waals surface area contributed by atoms with Crippen LogP contribution in [0, 0.1) is 5.82 Å². The summed E-state index contributed by atoms with van der Waals surface area (Å²) in [5.74, 6) is -0.134. The molecule has 0 saturated carbocycles. The highest BCUT2D eigenvalue weighted by Gasteiger charge is 2.30. The maximum atomic E-state index is 14.0. The van der Waals surface area contributed by atoms with Gasteiger partial charge in [-0.2, -0.15) is 0 Å². The van der Waals surface area contributed by atoms with Gasteiger partial charge >= 0.3 is 0 Å². The van der Waals surface area contributed by atoms with Crippen LogP contribution in [0.15, 0.2) is 30.5 Å². The highest BCUT2D eigenvalue weighted by atomic mass is 19.1. The van der Waals surface area contributed by atoms with E-state index in [9.17, 15) is 9.18 Å². The standard InChI is InChI=1S/C20H23FN6O/c1-2-4-12-6-7-13(21)11-14(12)15-5-3-9-26(15)16-8-10-27-20(24-16)17(19(23)28)18(22)25-27/h6-8,10-11,15H,2-5,9H2,1H3,(H2,22,25)(H2,23,28). The summed E-state index contributed by atoms with van der Waals surface area (Å²) in [4.78, 5) is 18.5. The number of hydrogen-bond acceptors (Lipinski definition) is 5. The molecule has 146 valence electrons. The number of carbonyl (C=O) groups excluding carboxylic acids is 1. The Morgan fingerprint density at radius 3 is 2.93 bits per heavy atom. The van der Waals surface area contributed by atoms with E-state index in [0.717, 1.165) is 43.4 Å². The summed E-state index contributed by atoms with van der Waals surface area (Å²) in [6.07, 6.45) is 5.50. The number of aromatic nitrogens is 3. The zero-order chi connectivity index (χ0) is 19.8. The third-order valence-electron chi connectivity index (χ3n) is 5.28. The van der Waals surface area contributed by atoms with E-state index in [-0.39, 0.29) is 23.2 Å². The van der Waals surface area contributed by atoms with Crippen LogP contribution in [0.4, 0.5) is 16.0 Å². The lowest BCUT2D eigenvalue weighted by Gasteiger charge is -2.28. The Hall–Kier alpha value is -3.16. The van der Waals surface area contributed by atoms with Crippen molar-refractivity contribution in [3.8, 4) is 0 Å². The number of nitrogens with zero attached hydrogens (tertiary/aromatic N) is 4. The number of rotatable bonds is 5. The van der Waals surface area contributed by atoms with Crippen molar-refractivity contribution in [3.63, 3.8) is 0 Å². The lowest BCUT2D eigenvalue weighted by Crippen LogP contribution is -2.25. The number of anilines is 2. The van der Waals surface area contributed by atoms with Crippen LogP contribution in [0.5, 0.6) is 0 Å². The normalized spacial score (nSPS) is 16.8. The van der Waals surface area contributed by atoms with Gasteiger partial charge < -0.3 is 16.4 Å². The molecule has 2 aromatic heterocycles. The number of halogens is 1. The van der Waals surface area contributed by atoms with Gasteiger partial charge in [0.15, 0.2) is 11.5 Å². The summed E-state index contributed by atoms with van der Waals surface area (Å²) in [5, 5.41) is 4.09. The van der Waals surface area contributed by atoms with E-state index in [4.69, 9.17) is 11.5 Å². The maximum absolute atomic E-state index is 14.0. The molecule has 1 fully saturated rings. The topological polar surface area (TPSA) is 103 Å². The predicted molar refractivity (Wildman–Crippen MR) is 106 cm³/mol. The first-order valence-corrected chi connectivity index (χ1v) is 9.49. The number of carbonyl (C=O) groups is 1. The average Bonchev–Trinajstić information content (AvgIpc) is 3.26. The maximum Gasteiger partial charge on any atom is 0.256 e. The molecule has 0 bridgehead atoms. The van der Waals surface area contributed by atoms with Crippen LogP contribution in [0.3, 0.4) is 0 Å². The number of benzene rings is 1. The van der Waals surface area contributed by atoms with Gasteiger partial charge in [0.25, 0.3) is 5.91 Å². The minimum absolute atomic E-state index is 0.0319. The Kier molecular flexibility index (Phi) is 4.62. The van der Waals surface area contributed by atoms with Crippen LogP contribution in [0.2, 0.25) is 0 Å². The lowest BCUT2D eigenvalue weighted by molar-refractivity contribution is 0.100. The quantitative estimate of drug-likeness (QED) is 0.706. The van der Waals surface area contributed by atoms with Crippen molar-refractivity contribution in [2.24, 2.45) is 5.73 Å². The van der Waals surface area contributed by atoms with Gasteiger partial charge in [-0.15, -0.1) is 5.10 Å². The van der Waals surface area contributed by atoms with E-state index in [1.807, 2.05) is 12.1 Å². The van der Waals surface area contributed by atoms with Gasteiger partial charge in [-0.1, -0.05) is 19.4 Å². The molecule has 3 heterocycles. The molecular weight excluding hydrogens is 359 g/mol. The van der Waals surface area contributed by atoms with Crippen molar-refractivity contribution in [3.05, 3.63) is 53.0 Å². The van der Waals surface area contributed by atoms with Gasteiger partial charge in [0.05, 0.1) is 6.04 Å². The summed E-state index contributed by atoms with van der Waals surface area (Å²) in [5.41, 5.74) is 13.9. The Labute approximate surface area is 162 Å². The molecule has 0 spiro atoms. The molecule has 1 saturated heterocycles. The molecule has 3 aromatic rings. The number of aryl methyl sites for hydroxylation is 1. The highest BCUT2D eigenvalue weighted by molar-refractivity contribution is 6.03. The van der Waals surface area contributed by atoms with Crippen molar-refractivity contribution in [1.82, 2.24) is 14.6 Å². The number of nitrogen functional groups attached to an aromatic ring is 1. The summed E-state index contributed by atoms with van der Waals surface area (Å²) in [6, 6.07) is 6.90. The minimum Gasteiger partial charge on any atom is -0.381 e. The number of primary amides is 1. The molecule has 1 atom stereocenters. The zero-order valence-electron chi connectivity index (χ0n) is 15.7. The fourth-order valence-corrected chi connectivity index (χ4v) is 4.07. The van der Waals surface area contributed by atoms with Crippen LogP contribution < -0.4 is 16.4 Å². The van der Waals surface area contributed by atoms with Crippen molar-refractivity contribution in [1.29, 1.82) is 0 Å². The van der Waals surface area contributed by atoms with Crippen LogP contribution in [-0.4, -0.2) is 27.0 Å². The molecule has 4 rings (SSSR count). The van der Waals surface area contributed by atoms with Crippen molar-refractivity contribution in [2.75, 3.05) is 17.2 Å². The Morgan fingerprint density at radius 1 is 1.36 bits per heavy atom. The van der Waals surface area contributed by atoms with Crippen LogP contribution in [0.1, 0.15) is 53.7 Å². The predicted octanol–water partition coefficient (Wildman–Crippen LogP) is 2.84. The molecule has 1 aliphatic heterocycles. The van der Waals surface area contributed by atoms with Crippen LogP contribution in [-0.2, 0) is 6.42 Å². The van der Waals surface area contributed by atoms with Gasteiger partial charge in [0.1, 0.15) is 17.2 Å². The molecule has 1 unspecified atom stereocenters. The minimum atomic E-state index is -0.662. The molecule has 28 heavy (non-hydrogen) atoms. The van der Waals surface area contributed by atoms with E-state index in [2.05, 4.69) is 21.9 Å². The van der Waals surface area contributed by atoms with Crippen LogP contribution >= 0.6 is 0 Å². The second-order valence-corrected chi connectivity index (χ2v) is 7.12. The molecule has 0 radical (unpaired) electrons. The highest BCUT2D eigenvalue weighted by Crippen LogP contribution is 2.37. The second kappa shape index (κ2) is 7.10. The van der Waals surface area contributed by atoms with E-state index in [0.29, 0.717) is 11.5 Å². The van der Waals surface area contributed by atoms with Gasteiger partial charge in [-0.05, 0) is 48.6 Å². The monoisotopic (exact) mass is 382 g/mol. The smallest absolute Gasteiger partial charge is 0.256 e. The summed E-state index contributed by atoms with van der Waals surface area (Å²) in [7, 11) is 0. The molecule has 1 amide bonds. The molecule has 4 N–H and O–H groups in total. The zero-order valence-corrected chi connectivity index (χ0v) is 15.7. The van der Waals surface area contributed by atoms with Gasteiger partial charge in [-0.25, -0.2) is 13.9 Å². The fraction of sp³-hybridized carbons (Fsp3) is 0.350. The van der Waals surface area contributed by atoms with E-state index in [1.54, 1.807) is 12.3 Å². The summed E-state index contributed by atoms with van der Waals surface area (Å²) < 4.78 is 15.5. The number of fused-ring (bicyclic) bond motifs is 1. The Balaban J connectivity index is 1.78.